The van der Waals surface area contributed by atoms with Gasteiger partial charge in [0.25, 0.3) is 0 Å². The van der Waals surface area contributed by atoms with Crippen molar-refractivity contribution in [3.63, 3.8) is 0 Å². The van der Waals surface area contributed by atoms with E-state index in [9.17, 15) is 0 Å². The Kier molecular flexibility index (Phi) is 11.6. The molecule has 0 aromatic heterocycles. The summed E-state index contributed by atoms with van der Waals surface area (Å²) in [6, 6.07) is 92.5. The Morgan fingerprint density at radius 1 is 0.263 bits per heavy atom. The summed E-state index contributed by atoms with van der Waals surface area (Å²) < 4.78 is 30.4. The Morgan fingerprint density at radius 3 is 0.975 bits per heavy atom. The van der Waals surface area contributed by atoms with E-state index in [-0.39, 0.29) is 11.6 Å². The van der Waals surface area contributed by atoms with Crippen molar-refractivity contribution in [2.24, 2.45) is 0 Å². The zero-order valence-electron chi connectivity index (χ0n) is 45.1. The maximum Gasteiger partial charge on any atom is 0.123 e. The molecule has 2 nitrogen and oxygen atoms in total. The molecule has 0 unspecified atom stereocenters. The molecule has 2 aliphatic rings. The third-order valence-electron chi connectivity index (χ3n) is 17.0. The lowest BCUT2D eigenvalue weighted by Gasteiger charge is -2.30. The summed E-state index contributed by atoms with van der Waals surface area (Å²) in [6.45, 7) is 9.36. The second-order valence-corrected chi connectivity index (χ2v) is 22.3. The molecule has 14 rings (SSSR count). The van der Waals surface area contributed by atoms with Crippen LogP contribution in [0, 0.1) is 11.6 Å². The molecule has 0 atom stereocenters. The van der Waals surface area contributed by atoms with Crippen molar-refractivity contribution < 1.29 is 8.78 Å². The number of fused-ring (bicyclic) bond motifs is 7. The molecule has 4 heteroatoms. The second kappa shape index (κ2) is 19.1. The summed E-state index contributed by atoms with van der Waals surface area (Å²) in [5.41, 5.74) is 23.2. The summed E-state index contributed by atoms with van der Waals surface area (Å²) in [4.78, 5) is 4.75. The molecule has 12 aromatic carbocycles. The molecule has 0 N–H and O–H groups in total. The number of hydrogen-bond acceptors (Lipinski definition) is 2. The molecule has 2 aliphatic carbocycles. The van der Waals surface area contributed by atoms with Crippen molar-refractivity contribution in [2.75, 3.05) is 9.80 Å². The SMILES string of the molecule is CC1(C)c2cc(N(c3ccccc3)c3ccccc3-c3ccccc3)ccc2-c2c1cc1c(-c3ccc(F)cc3)c3c(cc1c2-c1ccc(F)cc1)C(C)(C)c1cc(N(c2ccccc2)c2ccccc2-c2ccccc2)ccc1-3. The Bertz CT molecular complexity index is 4060. The van der Waals surface area contributed by atoms with Crippen LogP contribution < -0.4 is 9.80 Å². The van der Waals surface area contributed by atoms with Crippen molar-refractivity contribution >= 4 is 44.9 Å². The molecule has 80 heavy (non-hydrogen) atoms. The molecule has 12 aromatic rings. The third-order valence-corrected chi connectivity index (χ3v) is 17.0. The van der Waals surface area contributed by atoms with Gasteiger partial charge in [-0.15, -0.1) is 0 Å². The molecule has 0 aliphatic heterocycles. The molecule has 0 saturated carbocycles. The van der Waals surface area contributed by atoms with Gasteiger partial charge >= 0.3 is 0 Å². The van der Waals surface area contributed by atoms with Gasteiger partial charge in [0.05, 0.1) is 11.4 Å². The fraction of sp³-hybridized carbons (Fsp3) is 0.0789. The van der Waals surface area contributed by atoms with Gasteiger partial charge < -0.3 is 9.80 Å². The van der Waals surface area contributed by atoms with E-state index in [0.29, 0.717) is 0 Å². The standard InChI is InChI=1S/C76H56F2N2/c1-75(2)65-45-57(79(55-25-13-7-14-26-55)69-31-19-17-29-59(69)49-21-9-5-10-22-49)41-43-61(65)73-67(75)47-63-64(71(73)51-33-37-53(77)38-34-51)48-68-74(72(63)52-35-39-54(78)40-36-52)62-44-42-58(46-66(62)76(68,3)4)80(56-27-15-8-16-28-56)70-32-20-18-30-60(70)50-23-11-6-12-24-50/h5-48H,1-4H3. The molecular weight excluding hydrogens is 979 g/mol. The van der Waals surface area contributed by atoms with Crippen LogP contribution >= 0.6 is 0 Å². The van der Waals surface area contributed by atoms with Crippen molar-refractivity contribution in [2.45, 2.75) is 38.5 Å². The van der Waals surface area contributed by atoms with Gasteiger partial charge in [0.1, 0.15) is 11.6 Å². The average molecular weight is 1040 g/mol. The van der Waals surface area contributed by atoms with E-state index in [1.54, 1.807) is 24.3 Å². The number of anilines is 6. The first kappa shape index (κ1) is 48.7. The van der Waals surface area contributed by atoms with Crippen LogP contribution in [0.25, 0.3) is 77.5 Å². The minimum Gasteiger partial charge on any atom is -0.310 e. The van der Waals surface area contributed by atoms with Crippen LogP contribution in [0.15, 0.2) is 267 Å². The Morgan fingerprint density at radius 2 is 0.600 bits per heavy atom. The Labute approximate surface area is 467 Å². The number of benzene rings is 12. The molecule has 0 heterocycles. The highest BCUT2D eigenvalue weighted by molar-refractivity contribution is 6.17. The first-order valence-electron chi connectivity index (χ1n) is 27.5. The van der Waals surface area contributed by atoms with Gasteiger partial charge in [0.15, 0.2) is 0 Å². The largest absolute Gasteiger partial charge is 0.310 e. The summed E-state index contributed by atoms with van der Waals surface area (Å²) in [7, 11) is 0. The fourth-order valence-electron chi connectivity index (χ4n) is 13.1. The topological polar surface area (TPSA) is 6.48 Å². The number of hydrogen-bond donors (Lipinski definition) is 0. The molecule has 0 bridgehead atoms. The van der Waals surface area contributed by atoms with E-state index < -0.39 is 10.8 Å². The van der Waals surface area contributed by atoms with Gasteiger partial charge in [-0.1, -0.05) is 198 Å². The number of halogens is 2. The van der Waals surface area contributed by atoms with Crippen molar-refractivity contribution in [1.29, 1.82) is 0 Å². The van der Waals surface area contributed by atoms with Gasteiger partial charge in [-0.3, -0.25) is 0 Å². The molecule has 0 radical (unpaired) electrons. The molecule has 0 fully saturated rings. The third kappa shape index (κ3) is 7.88. The lowest BCUT2D eigenvalue weighted by atomic mass is 9.76. The highest BCUT2D eigenvalue weighted by atomic mass is 19.1. The predicted octanol–water partition coefficient (Wildman–Crippen LogP) is 21.3. The Hall–Kier alpha value is -9.64. The van der Waals surface area contributed by atoms with Crippen molar-refractivity contribution in [1.82, 2.24) is 0 Å². The first-order chi connectivity index (χ1) is 39.0. The molecule has 0 spiro atoms. The van der Waals surface area contributed by atoms with Crippen LogP contribution in [0.4, 0.5) is 42.9 Å². The molecule has 384 valence electrons. The average Bonchev–Trinajstić information content (AvgIpc) is 2.83. The van der Waals surface area contributed by atoms with Gasteiger partial charge in [0, 0.05) is 44.7 Å². The summed E-state index contributed by atoms with van der Waals surface area (Å²) in [5.74, 6) is -0.576. The quantitative estimate of drug-likeness (QED) is 0.135. The van der Waals surface area contributed by atoms with Crippen LogP contribution in [0.1, 0.15) is 49.9 Å². The fourth-order valence-corrected chi connectivity index (χ4v) is 13.1. The minimum atomic E-state index is -0.493. The second-order valence-electron chi connectivity index (χ2n) is 22.3. The van der Waals surface area contributed by atoms with Gasteiger partial charge in [-0.2, -0.15) is 0 Å². The van der Waals surface area contributed by atoms with Gasteiger partial charge in [0.2, 0.25) is 0 Å². The van der Waals surface area contributed by atoms with Crippen molar-refractivity contribution in [3.8, 4) is 66.8 Å². The Balaban J connectivity index is 1.01. The number of rotatable bonds is 10. The van der Waals surface area contributed by atoms with E-state index in [4.69, 9.17) is 0 Å². The maximum atomic E-state index is 15.2. The lowest BCUT2D eigenvalue weighted by Crippen LogP contribution is -2.17. The van der Waals surface area contributed by atoms with E-state index in [2.05, 4.69) is 256 Å². The van der Waals surface area contributed by atoms with Gasteiger partial charge in [-0.25, -0.2) is 8.78 Å². The zero-order chi connectivity index (χ0) is 54.3. The minimum absolute atomic E-state index is 0.288. The van der Waals surface area contributed by atoms with Crippen LogP contribution in [0.2, 0.25) is 0 Å². The molecule has 0 saturated heterocycles. The highest BCUT2D eigenvalue weighted by Crippen LogP contribution is 2.61. The summed E-state index contributed by atoms with van der Waals surface area (Å²) >= 11 is 0. The van der Waals surface area contributed by atoms with Crippen LogP contribution in [0.5, 0.6) is 0 Å². The summed E-state index contributed by atoms with van der Waals surface area (Å²) in [6.07, 6.45) is 0. The van der Waals surface area contributed by atoms with Crippen LogP contribution in [0.3, 0.4) is 0 Å². The lowest BCUT2D eigenvalue weighted by molar-refractivity contribution is 0.627. The smallest absolute Gasteiger partial charge is 0.123 e. The molecular formula is C76H56F2N2. The number of para-hydroxylation sites is 4. The van der Waals surface area contributed by atoms with Crippen LogP contribution in [-0.4, -0.2) is 0 Å². The van der Waals surface area contributed by atoms with E-state index in [1.807, 2.05) is 24.3 Å². The monoisotopic (exact) mass is 1030 g/mol. The molecule has 0 amide bonds. The predicted molar refractivity (Wildman–Crippen MR) is 330 cm³/mol. The zero-order valence-corrected chi connectivity index (χ0v) is 45.1. The van der Waals surface area contributed by atoms with Crippen molar-refractivity contribution in [3.05, 3.63) is 301 Å². The van der Waals surface area contributed by atoms with E-state index in [1.165, 1.54) is 22.3 Å². The van der Waals surface area contributed by atoms with Gasteiger partial charge in [-0.05, 0) is 186 Å². The van der Waals surface area contributed by atoms with E-state index >= 15 is 8.78 Å². The summed E-state index contributed by atoms with van der Waals surface area (Å²) in [5, 5.41) is 2.13. The van der Waals surface area contributed by atoms with Crippen LogP contribution in [-0.2, 0) is 10.8 Å². The normalized spacial score (nSPS) is 13.3. The van der Waals surface area contributed by atoms with E-state index in [0.717, 1.165) is 112 Å². The first-order valence-corrected chi connectivity index (χ1v) is 27.5. The maximum absolute atomic E-state index is 15.2. The number of nitrogens with zero attached hydrogens (tertiary/aromatic N) is 2. The highest BCUT2D eigenvalue weighted by Gasteiger charge is 2.43.